The van der Waals surface area contributed by atoms with Gasteiger partial charge in [0.15, 0.2) is 0 Å². The molecule has 0 aromatic heterocycles. The third-order valence-electron chi connectivity index (χ3n) is 2.08. The molecule has 0 bridgehead atoms. The normalized spacial score (nSPS) is 10.4. The molecule has 1 aromatic carbocycles. The molecule has 0 heterocycles. The Hall–Kier alpha value is -0.763. The molecule has 0 amide bonds. The highest BCUT2D eigenvalue weighted by atomic mass is 28.3. The van der Waals surface area contributed by atoms with Crippen molar-refractivity contribution >= 4 is 19.7 Å². The van der Waals surface area contributed by atoms with Gasteiger partial charge in [0.1, 0.15) is 0 Å². The smallest absolute Gasteiger partial charge is 0.0647 e. The monoisotopic (exact) mass is 179 g/mol. The van der Waals surface area contributed by atoms with Gasteiger partial charge in [-0.3, -0.25) is 0 Å². The van der Waals surface area contributed by atoms with Crippen molar-refractivity contribution in [1.29, 1.82) is 0 Å². The lowest BCUT2D eigenvalue weighted by Gasteiger charge is -2.13. The molecule has 66 valence electrons. The Morgan fingerprint density at radius 3 is 1.83 bits per heavy atom. The fraction of sp³-hybridized carbons (Fsp3) is 0.400. The minimum Gasteiger partial charge on any atom is -0.378 e. The molecule has 1 nitrogen and oxygen atoms in total. The maximum absolute atomic E-state index is 2.35. The van der Waals surface area contributed by atoms with Gasteiger partial charge in [-0.2, -0.15) is 0 Å². The molecule has 0 atom stereocenters. The molecule has 1 aromatic rings. The topological polar surface area (TPSA) is 3.24 Å². The zero-order chi connectivity index (χ0) is 9.14. The second-order valence-corrected chi connectivity index (χ2v) is 6.62. The first kappa shape index (κ1) is 9.33. The molecule has 0 saturated heterocycles. The summed E-state index contributed by atoms with van der Waals surface area (Å²) in [5.41, 5.74) is 1.29. The van der Waals surface area contributed by atoms with Crippen LogP contribution in [0.4, 0.5) is 5.69 Å². The van der Waals surface area contributed by atoms with Crippen LogP contribution in [0.25, 0.3) is 0 Å². The van der Waals surface area contributed by atoms with E-state index in [2.05, 4.69) is 56.4 Å². The van der Waals surface area contributed by atoms with E-state index < -0.39 is 8.80 Å². The Labute approximate surface area is 76.6 Å². The Morgan fingerprint density at radius 1 is 1.00 bits per heavy atom. The largest absolute Gasteiger partial charge is 0.378 e. The summed E-state index contributed by atoms with van der Waals surface area (Å²) in [5.74, 6) is 0. The molecule has 12 heavy (non-hydrogen) atoms. The van der Waals surface area contributed by atoms with Crippen LogP contribution in [0.5, 0.6) is 0 Å². The average Bonchev–Trinajstić information content (AvgIpc) is 2.04. The fourth-order valence-corrected chi connectivity index (χ4v) is 2.12. The van der Waals surface area contributed by atoms with Crippen molar-refractivity contribution in [3.8, 4) is 0 Å². The van der Waals surface area contributed by atoms with E-state index in [1.165, 1.54) is 5.69 Å². The van der Waals surface area contributed by atoms with Crippen molar-refractivity contribution in [1.82, 2.24) is 0 Å². The highest BCUT2D eigenvalue weighted by Crippen LogP contribution is 2.07. The Kier molecular flexibility index (Phi) is 2.92. The number of hydrogen-bond acceptors (Lipinski definition) is 1. The number of benzene rings is 1. The lowest BCUT2D eigenvalue weighted by Crippen LogP contribution is -2.22. The van der Waals surface area contributed by atoms with Crippen molar-refractivity contribution in [2.45, 2.75) is 13.1 Å². The third kappa shape index (κ3) is 2.11. The lowest BCUT2D eigenvalue weighted by molar-refractivity contribution is 1.13. The second kappa shape index (κ2) is 3.76. The summed E-state index contributed by atoms with van der Waals surface area (Å²) in [6.45, 7) is 4.70. The molecule has 0 fully saturated rings. The average molecular weight is 179 g/mol. The number of rotatable bonds is 2. The summed E-state index contributed by atoms with van der Waals surface area (Å²) in [6.07, 6.45) is 0. The summed E-state index contributed by atoms with van der Waals surface area (Å²) in [5, 5.41) is 1.54. The van der Waals surface area contributed by atoms with Crippen LogP contribution in [0, 0.1) is 0 Å². The van der Waals surface area contributed by atoms with Gasteiger partial charge >= 0.3 is 0 Å². The minimum absolute atomic E-state index is 0.599. The molecule has 0 aliphatic rings. The quantitative estimate of drug-likeness (QED) is 0.621. The maximum Gasteiger partial charge on any atom is 0.0647 e. The zero-order valence-electron chi connectivity index (χ0n) is 8.33. The summed E-state index contributed by atoms with van der Waals surface area (Å²) in [4.78, 5) is 2.13. The first-order chi connectivity index (χ1) is 5.61. The van der Waals surface area contributed by atoms with Gasteiger partial charge in [0, 0.05) is 19.8 Å². The number of hydrogen-bond donors (Lipinski definition) is 0. The number of anilines is 1. The molecule has 0 unspecified atom stereocenters. The van der Waals surface area contributed by atoms with E-state index in [9.17, 15) is 0 Å². The summed E-state index contributed by atoms with van der Waals surface area (Å²) < 4.78 is 0. The van der Waals surface area contributed by atoms with Crippen LogP contribution in [-0.2, 0) is 0 Å². The molecule has 0 aliphatic heterocycles. The van der Waals surface area contributed by atoms with Crippen LogP contribution in [0.3, 0.4) is 0 Å². The molecule has 0 radical (unpaired) electrons. The van der Waals surface area contributed by atoms with Crippen molar-refractivity contribution in [3.63, 3.8) is 0 Å². The van der Waals surface area contributed by atoms with E-state index in [0.717, 1.165) is 0 Å². The Balaban J connectivity index is 2.86. The molecule has 0 spiro atoms. The maximum atomic E-state index is 2.35. The molecular formula is C10H17NSi. The van der Waals surface area contributed by atoms with Crippen LogP contribution in [0.15, 0.2) is 24.3 Å². The van der Waals surface area contributed by atoms with Gasteiger partial charge in [-0.15, -0.1) is 0 Å². The van der Waals surface area contributed by atoms with Gasteiger partial charge in [-0.25, -0.2) is 0 Å². The highest BCUT2D eigenvalue weighted by Gasteiger charge is 2.00. The molecule has 0 aliphatic carbocycles. The lowest BCUT2D eigenvalue weighted by atomic mass is 10.3. The Bertz CT molecular complexity index is 212. The van der Waals surface area contributed by atoms with Crippen LogP contribution < -0.4 is 10.1 Å². The van der Waals surface area contributed by atoms with E-state index in [4.69, 9.17) is 0 Å². The van der Waals surface area contributed by atoms with Gasteiger partial charge in [0.05, 0.1) is 8.80 Å². The van der Waals surface area contributed by atoms with Crippen LogP contribution >= 0.6 is 0 Å². The third-order valence-corrected chi connectivity index (χ3v) is 3.79. The van der Waals surface area contributed by atoms with Gasteiger partial charge in [0.25, 0.3) is 0 Å². The van der Waals surface area contributed by atoms with E-state index >= 15 is 0 Å². The fourth-order valence-electron chi connectivity index (χ4n) is 1.16. The molecule has 2 heteroatoms. The van der Waals surface area contributed by atoms with Gasteiger partial charge in [-0.1, -0.05) is 30.4 Å². The number of nitrogens with zero attached hydrogens (tertiary/aromatic N) is 1. The van der Waals surface area contributed by atoms with Crippen LogP contribution in [0.2, 0.25) is 13.1 Å². The van der Waals surface area contributed by atoms with Crippen molar-refractivity contribution in [3.05, 3.63) is 24.3 Å². The van der Waals surface area contributed by atoms with E-state index in [-0.39, 0.29) is 0 Å². The Morgan fingerprint density at radius 2 is 1.50 bits per heavy atom. The first-order valence-corrected chi connectivity index (χ1v) is 7.27. The molecular weight excluding hydrogens is 162 g/mol. The van der Waals surface area contributed by atoms with Gasteiger partial charge in [0.2, 0.25) is 0 Å². The minimum atomic E-state index is -0.599. The predicted molar refractivity (Wildman–Crippen MR) is 59.3 cm³/mol. The second-order valence-electron chi connectivity index (χ2n) is 3.64. The summed E-state index contributed by atoms with van der Waals surface area (Å²) in [7, 11) is 3.54. The molecule has 1 rings (SSSR count). The van der Waals surface area contributed by atoms with Crippen molar-refractivity contribution in [2.24, 2.45) is 0 Å². The van der Waals surface area contributed by atoms with Gasteiger partial charge in [-0.05, 0) is 12.1 Å². The first-order valence-electron chi connectivity index (χ1n) is 4.38. The predicted octanol–water partition coefficient (Wildman–Crippen LogP) is 1.45. The van der Waals surface area contributed by atoms with E-state index in [1.54, 1.807) is 5.19 Å². The van der Waals surface area contributed by atoms with E-state index in [0.29, 0.717) is 0 Å². The van der Waals surface area contributed by atoms with Gasteiger partial charge < -0.3 is 4.90 Å². The molecule has 0 saturated carbocycles. The van der Waals surface area contributed by atoms with Crippen molar-refractivity contribution < 1.29 is 0 Å². The summed E-state index contributed by atoms with van der Waals surface area (Å²) >= 11 is 0. The zero-order valence-corrected chi connectivity index (χ0v) is 9.49. The van der Waals surface area contributed by atoms with Crippen molar-refractivity contribution in [2.75, 3.05) is 19.0 Å². The van der Waals surface area contributed by atoms with E-state index in [1.807, 2.05) is 0 Å². The standard InChI is InChI=1S/C10H17NSi/c1-11(2)9-5-7-10(8-6-9)12(3)4/h5-8,12H,1-4H3. The SMILES string of the molecule is CN(C)c1ccc([SiH](C)C)cc1. The van der Waals surface area contributed by atoms with Crippen LogP contribution in [0.1, 0.15) is 0 Å². The summed E-state index contributed by atoms with van der Waals surface area (Å²) in [6, 6.07) is 8.91. The highest BCUT2D eigenvalue weighted by molar-refractivity contribution is 6.70. The van der Waals surface area contributed by atoms with Crippen LogP contribution in [-0.4, -0.2) is 22.9 Å². The molecule has 0 N–H and O–H groups in total.